The minimum absolute atomic E-state index is 0.717. The van der Waals surface area contributed by atoms with Gasteiger partial charge in [0.15, 0.2) is 6.29 Å². The Bertz CT molecular complexity index is 424. The van der Waals surface area contributed by atoms with Crippen LogP contribution in [-0.4, -0.2) is 18.5 Å². The predicted molar refractivity (Wildman–Crippen MR) is 104 cm³/mol. The van der Waals surface area contributed by atoms with Crippen LogP contribution in [-0.2, 0) is 4.79 Å². The van der Waals surface area contributed by atoms with Crippen LogP contribution in [0.25, 0.3) is 0 Å². The van der Waals surface area contributed by atoms with E-state index in [-0.39, 0.29) is 0 Å². The maximum atomic E-state index is 11.3. The zero-order chi connectivity index (χ0) is 17.0. The van der Waals surface area contributed by atoms with Gasteiger partial charge in [-0.25, -0.2) is 0 Å². The van der Waals surface area contributed by atoms with Crippen molar-refractivity contribution in [3.05, 3.63) is 11.6 Å². The number of aliphatic imine (C=N–C) groups is 1. The van der Waals surface area contributed by atoms with E-state index in [1.54, 1.807) is 0 Å². The second-order valence-corrected chi connectivity index (χ2v) is 7.93. The first-order valence-corrected chi connectivity index (χ1v) is 10.5. The molecule has 1 aliphatic heterocycles. The Labute approximate surface area is 149 Å². The summed E-state index contributed by atoms with van der Waals surface area (Å²) in [5, 5.41) is 0. The second kappa shape index (κ2) is 11.6. The highest BCUT2D eigenvalue weighted by Gasteiger charge is 2.22. The molecule has 0 saturated heterocycles. The number of nitrogens with zero attached hydrogens (tertiary/aromatic N) is 1. The first-order chi connectivity index (χ1) is 11.8. The molecule has 24 heavy (non-hydrogen) atoms. The summed E-state index contributed by atoms with van der Waals surface area (Å²) in [4.78, 5) is 16.0. The summed E-state index contributed by atoms with van der Waals surface area (Å²) in [5.41, 5.74) is 1.77. The number of carbonyl (C=O) groups is 1. The summed E-state index contributed by atoms with van der Waals surface area (Å²) < 4.78 is 0. The van der Waals surface area contributed by atoms with Crippen molar-refractivity contribution in [3.8, 4) is 0 Å². The quantitative estimate of drug-likeness (QED) is 0.519. The van der Waals surface area contributed by atoms with Crippen LogP contribution in [0.5, 0.6) is 0 Å². The summed E-state index contributed by atoms with van der Waals surface area (Å²) in [6.45, 7) is 2.93. The summed E-state index contributed by atoms with van der Waals surface area (Å²) >= 11 is 0. The molecule has 2 unspecified atom stereocenters. The molecule has 2 heteroatoms. The van der Waals surface area contributed by atoms with E-state index in [4.69, 9.17) is 4.99 Å². The van der Waals surface area contributed by atoms with Gasteiger partial charge in [-0.3, -0.25) is 9.79 Å². The minimum atomic E-state index is 0.717. The Kier molecular flexibility index (Phi) is 9.38. The molecule has 0 spiro atoms. The number of fused-ring (bicyclic) bond motifs is 1. The maximum absolute atomic E-state index is 11.3. The number of carbonyl (C=O) groups excluding carboxylic acids is 1. The van der Waals surface area contributed by atoms with E-state index in [2.05, 4.69) is 6.08 Å². The van der Waals surface area contributed by atoms with E-state index in [1.807, 2.05) is 6.92 Å². The summed E-state index contributed by atoms with van der Waals surface area (Å²) in [6, 6.07) is 0. The average molecular weight is 332 g/mol. The van der Waals surface area contributed by atoms with Crippen molar-refractivity contribution in [2.75, 3.05) is 6.54 Å². The van der Waals surface area contributed by atoms with Crippen LogP contribution >= 0.6 is 0 Å². The fraction of sp³-hybridized carbons (Fsp3) is 0.818. The van der Waals surface area contributed by atoms with Crippen LogP contribution in [0.2, 0.25) is 0 Å². The third-order valence-electron chi connectivity index (χ3n) is 6.06. The molecule has 0 amide bonds. The smallest absolute Gasteiger partial charge is 0.151 e. The number of hydrogen-bond acceptors (Lipinski definition) is 2. The first kappa shape index (κ1) is 19.4. The van der Waals surface area contributed by atoms with Crippen molar-refractivity contribution in [2.24, 2.45) is 16.8 Å². The lowest BCUT2D eigenvalue weighted by Crippen LogP contribution is -2.21. The third-order valence-corrected chi connectivity index (χ3v) is 6.06. The standard InChI is InChI=1S/C22H37NO/c1-19-22(18-24)16-15-20-13-11-9-7-5-3-2-4-6-8-10-12-14-21(20)17-23-19/h16,18,20-21H,2-15,17H2,1H3. The van der Waals surface area contributed by atoms with Gasteiger partial charge in [0.2, 0.25) is 0 Å². The van der Waals surface area contributed by atoms with E-state index in [0.717, 1.165) is 42.4 Å². The Morgan fingerprint density at radius 1 is 0.833 bits per heavy atom. The van der Waals surface area contributed by atoms with Crippen molar-refractivity contribution < 1.29 is 4.79 Å². The van der Waals surface area contributed by atoms with Gasteiger partial charge in [0, 0.05) is 17.8 Å². The Hall–Kier alpha value is -0.920. The molecule has 1 saturated carbocycles. The SMILES string of the molecule is CC1=NCC2CCCCCCCCCCCCCC2CC=C1C=O. The fourth-order valence-corrected chi connectivity index (χ4v) is 4.33. The number of aldehydes is 1. The maximum Gasteiger partial charge on any atom is 0.151 e. The number of rotatable bonds is 1. The van der Waals surface area contributed by atoms with Crippen molar-refractivity contribution in [3.63, 3.8) is 0 Å². The molecule has 2 aliphatic rings. The zero-order valence-electron chi connectivity index (χ0n) is 15.8. The summed E-state index contributed by atoms with van der Waals surface area (Å²) in [7, 11) is 0. The highest BCUT2D eigenvalue weighted by atomic mass is 16.1. The Morgan fingerprint density at radius 3 is 1.88 bits per heavy atom. The number of hydrogen-bond donors (Lipinski definition) is 0. The first-order valence-electron chi connectivity index (χ1n) is 10.5. The van der Waals surface area contributed by atoms with Crippen LogP contribution in [0, 0.1) is 11.8 Å². The van der Waals surface area contributed by atoms with Gasteiger partial charge >= 0.3 is 0 Å². The van der Waals surface area contributed by atoms with Gasteiger partial charge in [-0.05, 0) is 38.0 Å². The molecule has 0 aromatic heterocycles. The van der Waals surface area contributed by atoms with Crippen LogP contribution < -0.4 is 0 Å². The molecule has 1 heterocycles. The molecule has 0 aromatic carbocycles. The molecule has 0 bridgehead atoms. The zero-order valence-corrected chi connectivity index (χ0v) is 15.8. The van der Waals surface area contributed by atoms with Gasteiger partial charge in [0.25, 0.3) is 0 Å². The van der Waals surface area contributed by atoms with Crippen LogP contribution in [0.4, 0.5) is 0 Å². The lowest BCUT2D eigenvalue weighted by Gasteiger charge is -2.27. The highest BCUT2D eigenvalue weighted by molar-refractivity contribution is 6.13. The normalized spacial score (nSPS) is 28.9. The molecule has 136 valence electrons. The van der Waals surface area contributed by atoms with Gasteiger partial charge < -0.3 is 0 Å². The summed E-state index contributed by atoms with van der Waals surface area (Å²) in [5.74, 6) is 1.44. The molecule has 1 aliphatic carbocycles. The van der Waals surface area contributed by atoms with E-state index < -0.39 is 0 Å². The van der Waals surface area contributed by atoms with Crippen molar-refractivity contribution in [1.82, 2.24) is 0 Å². The van der Waals surface area contributed by atoms with Gasteiger partial charge in [-0.1, -0.05) is 76.7 Å². The van der Waals surface area contributed by atoms with Crippen LogP contribution in [0.1, 0.15) is 96.8 Å². The van der Waals surface area contributed by atoms with Crippen molar-refractivity contribution >= 4 is 12.0 Å². The number of allylic oxidation sites excluding steroid dienone is 2. The van der Waals surface area contributed by atoms with Crippen molar-refractivity contribution in [2.45, 2.75) is 96.8 Å². The molecule has 2 nitrogen and oxygen atoms in total. The van der Waals surface area contributed by atoms with Crippen molar-refractivity contribution in [1.29, 1.82) is 0 Å². The van der Waals surface area contributed by atoms with Gasteiger partial charge in [0.1, 0.15) is 0 Å². The lowest BCUT2D eigenvalue weighted by atomic mass is 9.80. The molecule has 2 atom stereocenters. The molecule has 1 fully saturated rings. The Balaban J connectivity index is 1.97. The average Bonchev–Trinajstić information content (AvgIpc) is 2.59. The molecular weight excluding hydrogens is 294 g/mol. The predicted octanol–water partition coefficient (Wildman–Crippen LogP) is 6.29. The van der Waals surface area contributed by atoms with E-state index in [0.29, 0.717) is 0 Å². The monoisotopic (exact) mass is 331 g/mol. The second-order valence-electron chi connectivity index (χ2n) is 7.93. The molecule has 0 aromatic rings. The van der Waals surface area contributed by atoms with Crippen LogP contribution in [0.3, 0.4) is 0 Å². The van der Waals surface area contributed by atoms with Gasteiger partial charge in [-0.15, -0.1) is 0 Å². The van der Waals surface area contributed by atoms with Gasteiger partial charge in [-0.2, -0.15) is 0 Å². The van der Waals surface area contributed by atoms with E-state index in [9.17, 15) is 4.79 Å². The topological polar surface area (TPSA) is 29.4 Å². The molecule has 0 N–H and O–H groups in total. The molecule has 0 radical (unpaired) electrons. The van der Waals surface area contributed by atoms with Crippen LogP contribution in [0.15, 0.2) is 16.6 Å². The van der Waals surface area contributed by atoms with E-state index in [1.165, 1.54) is 83.5 Å². The summed E-state index contributed by atoms with van der Waals surface area (Å²) in [6.07, 6.45) is 22.4. The fourth-order valence-electron chi connectivity index (χ4n) is 4.33. The lowest BCUT2D eigenvalue weighted by molar-refractivity contribution is -0.104. The highest BCUT2D eigenvalue weighted by Crippen LogP contribution is 2.30. The third kappa shape index (κ3) is 6.91. The largest absolute Gasteiger partial charge is 0.298 e. The minimum Gasteiger partial charge on any atom is -0.298 e. The molecular formula is C22H37NO. The molecule has 2 rings (SSSR count). The Morgan fingerprint density at radius 2 is 1.33 bits per heavy atom. The van der Waals surface area contributed by atoms with E-state index >= 15 is 0 Å². The van der Waals surface area contributed by atoms with Gasteiger partial charge in [0.05, 0.1) is 0 Å².